The van der Waals surface area contributed by atoms with Gasteiger partial charge in [0.05, 0.1) is 23.1 Å². The van der Waals surface area contributed by atoms with Gasteiger partial charge in [-0.05, 0) is 70.7 Å². The number of benzene rings is 2. The smallest absolute Gasteiger partial charge is 0.294 e. The normalized spacial score (nSPS) is 21.3. The highest BCUT2D eigenvalue weighted by Crippen LogP contribution is 2.38. The molecule has 1 amide bonds. The molecule has 0 aliphatic carbocycles. The zero-order valence-corrected chi connectivity index (χ0v) is 22.5. The first-order valence-electron chi connectivity index (χ1n) is 12.4. The molecule has 0 aromatic heterocycles. The van der Waals surface area contributed by atoms with Gasteiger partial charge in [0.25, 0.3) is 10.1 Å². The largest absolute Gasteiger partial charge is 0.508 e. The Labute approximate surface area is 218 Å². The van der Waals surface area contributed by atoms with Crippen molar-refractivity contribution in [3.8, 4) is 17.6 Å². The number of phenols is 1. The number of nitrogens with zero attached hydrogens (tertiary/aromatic N) is 2. The highest BCUT2D eigenvalue weighted by molar-refractivity contribution is 7.85. The van der Waals surface area contributed by atoms with E-state index < -0.39 is 10.1 Å². The molecule has 0 radical (unpaired) electrons. The second kappa shape index (κ2) is 11.9. The number of ether oxygens (including phenoxy) is 1. The number of likely N-dealkylation sites (tertiary alicyclic amines) is 1. The molecule has 10 heteroatoms. The molecule has 3 atom stereocenters. The Kier molecular flexibility index (Phi) is 9.18. The summed E-state index contributed by atoms with van der Waals surface area (Å²) in [5, 5.41) is 22.5. The highest BCUT2D eigenvalue weighted by atomic mass is 32.2. The fourth-order valence-electron chi connectivity index (χ4n) is 4.84. The van der Waals surface area contributed by atoms with Gasteiger partial charge >= 0.3 is 0 Å². The maximum Gasteiger partial charge on any atom is 0.294 e. The van der Waals surface area contributed by atoms with Gasteiger partial charge in [-0.25, -0.2) is 0 Å². The summed E-state index contributed by atoms with van der Waals surface area (Å²) in [4.78, 5) is 14.5. The number of aryl methyl sites for hydroxylation is 2. The lowest BCUT2D eigenvalue weighted by atomic mass is 9.91. The van der Waals surface area contributed by atoms with Gasteiger partial charge in [-0.3, -0.25) is 9.35 Å². The molecule has 2 saturated heterocycles. The second-order valence-corrected chi connectivity index (χ2v) is 11.3. The summed E-state index contributed by atoms with van der Waals surface area (Å²) in [6.45, 7) is 9.06. The van der Waals surface area contributed by atoms with Crippen LogP contribution in [0.25, 0.3) is 0 Å². The molecule has 37 heavy (non-hydrogen) atoms. The van der Waals surface area contributed by atoms with E-state index in [1.54, 1.807) is 29.2 Å². The Hall–Kier alpha value is -3.13. The van der Waals surface area contributed by atoms with Crippen molar-refractivity contribution in [1.29, 1.82) is 5.26 Å². The first-order valence-corrected chi connectivity index (χ1v) is 13.8. The molecule has 2 aliphatic rings. The van der Waals surface area contributed by atoms with Crippen molar-refractivity contribution in [2.45, 2.75) is 76.0 Å². The van der Waals surface area contributed by atoms with Gasteiger partial charge in [0.2, 0.25) is 5.91 Å². The van der Waals surface area contributed by atoms with Crippen molar-refractivity contribution in [3.63, 3.8) is 0 Å². The molecule has 200 valence electrons. The van der Waals surface area contributed by atoms with Crippen LogP contribution in [0.2, 0.25) is 0 Å². The van der Waals surface area contributed by atoms with Crippen LogP contribution in [0.1, 0.15) is 55.7 Å². The summed E-state index contributed by atoms with van der Waals surface area (Å²) in [6.07, 6.45) is 2.33. The average Bonchev–Trinajstić information content (AvgIpc) is 3.48. The van der Waals surface area contributed by atoms with E-state index in [9.17, 15) is 23.6 Å². The van der Waals surface area contributed by atoms with Gasteiger partial charge < -0.3 is 20.1 Å². The Morgan fingerprint density at radius 3 is 2.49 bits per heavy atom. The minimum Gasteiger partial charge on any atom is -0.508 e. The van der Waals surface area contributed by atoms with Crippen molar-refractivity contribution in [2.75, 3.05) is 13.1 Å². The van der Waals surface area contributed by atoms with Crippen LogP contribution in [0.15, 0.2) is 41.3 Å². The van der Waals surface area contributed by atoms with E-state index in [0.29, 0.717) is 25.3 Å². The second-order valence-electron chi connectivity index (χ2n) is 9.84. The van der Waals surface area contributed by atoms with Crippen molar-refractivity contribution in [1.82, 2.24) is 10.2 Å². The Bertz CT molecular complexity index is 1250. The van der Waals surface area contributed by atoms with Crippen LogP contribution in [0, 0.1) is 25.2 Å². The number of rotatable bonds is 5. The molecule has 4 rings (SSSR count). The van der Waals surface area contributed by atoms with Crippen molar-refractivity contribution >= 4 is 16.0 Å². The lowest BCUT2D eigenvalue weighted by molar-refractivity contribution is -0.133. The summed E-state index contributed by atoms with van der Waals surface area (Å²) >= 11 is 0. The van der Waals surface area contributed by atoms with Crippen LogP contribution >= 0.6 is 0 Å². The third kappa shape index (κ3) is 7.22. The summed E-state index contributed by atoms with van der Waals surface area (Å²) in [5.41, 5.74) is 2.98. The van der Waals surface area contributed by atoms with Crippen LogP contribution < -0.4 is 10.1 Å². The average molecular weight is 530 g/mol. The van der Waals surface area contributed by atoms with Gasteiger partial charge in [0.15, 0.2) is 0 Å². The number of hydrogen-bond donors (Lipinski definition) is 3. The van der Waals surface area contributed by atoms with Gasteiger partial charge in [-0.15, -0.1) is 0 Å². The third-order valence-corrected chi connectivity index (χ3v) is 7.41. The molecule has 0 saturated carbocycles. The molecule has 9 nitrogen and oxygen atoms in total. The Balaban J connectivity index is 0.000000289. The minimum atomic E-state index is -4.02. The van der Waals surface area contributed by atoms with Gasteiger partial charge in [-0.2, -0.15) is 13.7 Å². The number of carbonyl (C=O) groups is 1. The highest BCUT2D eigenvalue weighted by Gasteiger charge is 2.38. The first kappa shape index (κ1) is 28.4. The maximum absolute atomic E-state index is 12.8. The Morgan fingerprint density at radius 1 is 1.22 bits per heavy atom. The maximum atomic E-state index is 12.8. The predicted molar refractivity (Wildman–Crippen MR) is 139 cm³/mol. The number of carbonyl (C=O) groups excluding carboxylic acids is 1. The number of nitrogens with one attached hydrogen (secondary N) is 1. The molecule has 0 unspecified atom stereocenters. The molecule has 0 spiro atoms. The molecule has 2 aromatic carbocycles. The van der Waals surface area contributed by atoms with Crippen LogP contribution in [-0.4, -0.2) is 60.2 Å². The van der Waals surface area contributed by atoms with Gasteiger partial charge in [0, 0.05) is 30.6 Å². The van der Waals surface area contributed by atoms with Gasteiger partial charge in [-0.1, -0.05) is 17.7 Å². The molecule has 2 aromatic rings. The zero-order valence-electron chi connectivity index (χ0n) is 21.6. The van der Waals surface area contributed by atoms with E-state index in [4.69, 9.17) is 9.29 Å². The van der Waals surface area contributed by atoms with E-state index in [0.717, 1.165) is 29.5 Å². The Morgan fingerprint density at radius 2 is 1.89 bits per heavy atom. The van der Waals surface area contributed by atoms with Crippen molar-refractivity contribution < 1.29 is 27.6 Å². The number of hydrogen-bond acceptors (Lipinski definition) is 7. The van der Waals surface area contributed by atoms with Gasteiger partial charge in [0.1, 0.15) is 17.5 Å². The molecule has 3 N–H and O–H groups in total. The van der Waals surface area contributed by atoms with Crippen LogP contribution in [0.3, 0.4) is 0 Å². The quantitative estimate of drug-likeness (QED) is 0.498. The third-order valence-electron chi connectivity index (χ3n) is 6.54. The van der Waals surface area contributed by atoms with Crippen LogP contribution in [0.5, 0.6) is 11.5 Å². The van der Waals surface area contributed by atoms with Crippen LogP contribution in [0.4, 0.5) is 0 Å². The zero-order chi connectivity index (χ0) is 27.3. The lowest BCUT2D eigenvalue weighted by Crippen LogP contribution is -2.45. The minimum absolute atomic E-state index is 0.00253. The summed E-state index contributed by atoms with van der Waals surface area (Å²) < 4.78 is 35.5. The van der Waals surface area contributed by atoms with Crippen LogP contribution in [-0.2, 0) is 14.9 Å². The number of nitriles is 1. The number of aromatic hydroxyl groups is 1. The van der Waals surface area contributed by atoms with E-state index in [1.807, 2.05) is 27.7 Å². The van der Waals surface area contributed by atoms with E-state index in [1.165, 1.54) is 12.1 Å². The van der Waals surface area contributed by atoms with E-state index >= 15 is 0 Å². The lowest BCUT2D eigenvalue weighted by Gasteiger charge is -2.24. The molecule has 2 fully saturated rings. The monoisotopic (exact) mass is 529 g/mol. The van der Waals surface area contributed by atoms with Crippen molar-refractivity contribution in [2.24, 2.45) is 0 Å². The standard InChI is InChI=1S/C20H27N3O3.C7H8O3S/c1-12(2)26-18-9-16(24)7-13(3)19(18)14-8-17(22-11-14)20(25)23-6-4-5-15(23)10-21;1-6-2-4-7(5-3-6)11(8,9)10/h7,9,12,14-15,17,22,24H,4-6,8,11H2,1-3H3;2-5H,1H3,(H,8,9,10)/t14-,15-,17-;/m0./s1. The first-order chi connectivity index (χ1) is 17.4. The molecule has 0 bridgehead atoms. The number of amides is 1. The van der Waals surface area contributed by atoms with Crippen molar-refractivity contribution in [3.05, 3.63) is 53.1 Å². The summed E-state index contributed by atoms with van der Waals surface area (Å²) in [6, 6.07) is 11.1. The molecule has 2 aliphatic heterocycles. The fourth-order valence-corrected chi connectivity index (χ4v) is 5.32. The van der Waals surface area contributed by atoms with E-state index in [-0.39, 0.29) is 40.7 Å². The van der Waals surface area contributed by atoms with E-state index in [2.05, 4.69) is 11.4 Å². The summed E-state index contributed by atoms with van der Waals surface area (Å²) in [5.74, 6) is 1.05. The molecular weight excluding hydrogens is 494 g/mol. The molecular formula is C27H35N3O6S. The number of phenolic OH excluding ortho intramolecular Hbond substituents is 1. The summed E-state index contributed by atoms with van der Waals surface area (Å²) in [7, 11) is -4.02. The predicted octanol–water partition coefficient (Wildman–Crippen LogP) is 3.69. The SMILES string of the molecule is Cc1cc(O)cc(OC(C)C)c1[C@@H]1CN[C@H](C(=O)N2CCC[C@H]2C#N)C1.Cc1ccc(S(=O)(=O)O)cc1. The molecule has 2 heterocycles. The fraction of sp³-hybridized carbons (Fsp3) is 0.481. The topological polar surface area (TPSA) is 140 Å².